The number of anilines is 2. The zero-order valence-corrected chi connectivity index (χ0v) is 17.7. The number of rotatable bonds is 6. The van der Waals surface area contributed by atoms with Gasteiger partial charge in [0.05, 0.1) is 18.1 Å². The first-order valence-corrected chi connectivity index (χ1v) is 10.3. The molecule has 162 valence electrons. The number of nitrogens with zero attached hydrogens (tertiary/aromatic N) is 4. The number of benzene rings is 1. The highest BCUT2D eigenvalue weighted by Gasteiger charge is 2.30. The standard InChI is InChI=1S/C23H22N6O3/c1-14-10-19(28(2)27-14)23(31)24-16-4-3-5-17(11-16)32-18-8-9-21-25-20(13-29(21)12-18)26-22(30)15-6-7-15/h3-5,8-13,15H,6-7H2,1-2H3,(H,24,31)(H,26,30). The van der Waals surface area contributed by atoms with E-state index in [1.54, 1.807) is 58.9 Å². The molecule has 32 heavy (non-hydrogen) atoms. The second kappa shape index (κ2) is 7.84. The van der Waals surface area contributed by atoms with E-state index in [4.69, 9.17) is 4.74 Å². The summed E-state index contributed by atoms with van der Waals surface area (Å²) < 4.78 is 9.32. The molecule has 1 aromatic carbocycles. The van der Waals surface area contributed by atoms with Crippen molar-refractivity contribution >= 4 is 29.0 Å². The Hall–Kier alpha value is -4.14. The summed E-state index contributed by atoms with van der Waals surface area (Å²) in [6.45, 7) is 1.84. The van der Waals surface area contributed by atoms with Crippen LogP contribution in [0.25, 0.3) is 5.65 Å². The molecule has 3 heterocycles. The van der Waals surface area contributed by atoms with Gasteiger partial charge in [0.2, 0.25) is 5.91 Å². The van der Waals surface area contributed by atoms with Gasteiger partial charge in [-0.15, -0.1) is 0 Å². The highest BCUT2D eigenvalue weighted by atomic mass is 16.5. The van der Waals surface area contributed by atoms with Crippen LogP contribution in [0.15, 0.2) is 54.9 Å². The maximum absolute atomic E-state index is 12.5. The van der Waals surface area contributed by atoms with Crippen molar-refractivity contribution in [3.05, 3.63) is 66.2 Å². The third-order valence-electron chi connectivity index (χ3n) is 5.19. The predicted octanol–water partition coefficient (Wildman–Crippen LogP) is 3.77. The van der Waals surface area contributed by atoms with Crippen molar-refractivity contribution in [3.63, 3.8) is 0 Å². The Morgan fingerprint density at radius 3 is 2.66 bits per heavy atom. The largest absolute Gasteiger partial charge is 0.456 e. The number of fused-ring (bicyclic) bond motifs is 1. The minimum absolute atomic E-state index is 0.0185. The van der Waals surface area contributed by atoms with Crippen LogP contribution < -0.4 is 15.4 Å². The Kier molecular flexibility index (Phi) is 4.85. The van der Waals surface area contributed by atoms with E-state index in [1.165, 1.54) is 0 Å². The molecule has 1 saturated carbocycles. The molecule has 5 rings (SSSR count). The highest BCUT2D eigenvalue weighted by Crippen LogP contribution is 2.30. The first kappa shape index (κ1) is 19.8. The normalized spacial score (nSPS) is 13.2. The lowest BCUT2D eigenvalue weighted by molar-refractivity contribution is -0.117. The Morgan fingerprint density at radius 1 is 1.06 bits per heavy atom. The first-order chi connectivity index (χ1) is 15.4. The van der Waals surface area contributed by atoms with Crippen molar-refractivity contribution in [2.75, 3.05) is 10.6 Å². The molecule has 0 bridgehead atoms. The molecule has 1 aliphatic carbocycles. The van der Waals surface area contributed by atoms with Crippen molar-refractivity contribution in [2.45, 2.75) is 19.8 Å². The zero-order valence-electron chi connectivity index (χ0n) is 17.7. The third-order valence-corrected chi connectivity index (χ3v) is 5.19. The molecule has 2 amide bonds. The predicted molar refractivity (Wildman–Crippen MR) is 119 cm³/mol. The van der Waals surface area contributed by atoms with Crippen molar-refractivity contribution in [1.82, 2.24) is 19.2 Å². The summed E-state index contributed by atoms with van der Waals surface area (Å²) in [6.07, 6.45) is 5.44. The molecule has 1 fully saturated rings. The average Bonchev–Trinajstić information content (AvgIpc) is 3.44. The van der Waals surface area contributed by atoms with Crippen LogP contribution in [0.2, 0.25) is 0 Å². The maximum atomic E-state index is 12.5. The van der Waals surface area contributed by atoms with E-state index in [2.05, 4.69) is 20.7 Å². The number of imidazole rings is 1. The summed E-state index contributed by atoms with van der Waals surface area (Å²) in [5, 5.41) is 9.92. The fraction of sp³-hybridized carbons (Fsp3) is 0.217. The Bertz CT molecular complexity index is 1330. The molecule has 9 heteroatoms. The van der Waals surface area contributed by atoms with Crippen molar-refractivity contribution < 1.29 is 14.3 Å². The molecule has 0 saturated heterocycles. The number of ether oxygens (including phenoxy) is 1. The van der Waals surface area contributed by atoms with E-state index in [0.717, 1.165) is 18.5 Å². The molecule has 0 unspecified atom stereocenters. The summed E-state index contributed by atoms with van der Waals surface area (Å²) in [4.78, 5) is 28.9. The Balaban J connectivity index is 1.29. The van der Waals surface area contributed by atoms with Gasteiger partial charge in [0.1, 0.15) is 22.8 Å². The van der Waals surface area contributed by atoms with E-state index < -0.39 is 0 Å². The fourth-order valence-corrected chi connectivity index (χ4v) is 3.46. The van der Waals surface area contributed by atoms with Gasteiger partial charge in [-0.2, -0.15) is 5.10 Å². The van der Waals surface area contributed by atoms with Crippen LogP contribution in [0.4, 0.5) is 11.5 Å². The molecule has 0 atom stereocenters. The molecular weight excluding hydrogens is 408 g/mol. The van der Waals surface area contributed by atoms with Crippen molar-refractivity contribution in [1.29, 1.82) is 0 Å². The molecular formula is C23H22N6O3. The van der Waals surface area contributed by atoms with Gasteiger partial charge in [0, 0.05) is 24.7 Å². The minimum Gasteiger partial charge on any atom is -0.456 e. The molecule has 9 nitrogen and oxygen atoms in total. The van der Waals surface area contributed by atoms with Gasteiger partial charge in [-0.05, 0) is 50.1 Å². The Labute approximate surface area is 184 Å². The zero-order chi connectivity index (χ0) is 22.2. The third kappa shape index (κ3) is 4.18. The molecule has 0 aliphatic heterocycles. The second-order valence-corrected chi connectivity index (χ2v) is 7.90. The average molecular weight is 430 g/mol. The number of aryl methyl sites for hydroxylation is 2. The van der Waals surface area contributed by atoms with E-state index in [-0.39, 0.29) is 17.7 Å². The van der Waals surface area contributed by atoms with Crippen LogP contribution in [0.3, 0.4) is 0 Å². The molecule has 0 radical (unpaired) electrons. The van der Waals surface area contributed by atoms with Crippen LogP contribution >= 0.6 is 0 Å². The lowest BCUT2D eigenvalue weighted by Crippen LogP contribution is -2.16. The lowest BCUT2D eigenvalue weighted by atomic mass is 10.2. The van der Waals surface area contributed by atoms with Crippen LogP contribution in [0.5, 0.6) is 11.5 Å². The van der Waals surface area contributed by atoms with Crippen LogP contribution in [0, 0.1) is 12.8 Å². The minimum atomic E-state index is -0.245. The smallest absolute Gasteiger partial charge is 0.273 e. The maximum Gasteiger partial charge on any atom is 0.273 e. The summed E-state index contributed by atoms with van der Waals surface area (Å²) in [6, 6.07) is 12.5. The number of nitrogens with one attached hydrogen (secondary N) is 2. The number of carbonyl (C=O) groups excluding carboxylic acids is 2. The highest BCUT2D eigenvalue weighted by molar-refractivity contribution is 6.03. The van der Waals surface area contributed by atoms with Gasteiger partial charge in [-0.25, -0.2) is 4.98 Å². The van der Waals surface area contributed by atoms with Gasteiger partial charge in [0.15, 0.2) is 5.82 Å². The summed E-state index contributed by atoms with van der Waals surface area (Å²) >= 11 is 0. The van der Waals surface area contributed by atoms with Gasteiger partial charge in [-0.3, -0.25) is 14.3 Å². The fourth-order valence-electron chi connectivity index (χ4n) is 3.46. The molecule has 4 aromatic rings. The van der Waals surface area contributed by atoms with Gasteiger partial charge in [-0.1, -0.05) is 6.07 Å². The van der Waals surface area contributed by atoms with Crippen LogP contribution in [0.1, 0.15) is 29.0 Å². The monoisotopic (exact) mass is 430 g/mol. The SMILES string of the molecule is Cc1cc(C(=O)Nc2cccc(Oc3ccc4nc(NC(=O)C5CC5)cn4c3)c2)n(C)n1. The van der Waals surface area contributed by atoms with Crippen molar-refractivity contribution in [3.8, 4) is 11.5 Å². The van der Waals surface area contributed by atoms with Crippen molar-refractivity contribution in [2.24, 2.45) is 13.0 Å². The molecule has 0 spiro atoms. The number of hydrogen-bond donors (Lipinski definition) is 2. The number of amides is 2. The van der Waals surface area contributed by atoms with E-state index in [0.29, 0.717) is 34.3 Å². The van der Waals surface area contributed by atoms with E-state index >= 15 is 0 Å². The number of aromatic nitrogens is 4. The lowest BCUT2D eigenvalue weighted by Gasteiger charge is -2.09. The molecule has 3 aromatic heterocycles. The van der Waals surface area contributed by atoms with Gasteiger partial charge in [0.25, 0.3) is 5.91 Å². The van der Waals surface area contributed by atoms with E-state index in [1.807, 2.05) is 19.1 Å². The number of carbonyl (C=O) groups is 2. The van der Waals surface area contributed by atoms with E-state index in [9.17, 15) is 9.59 Å². The summed E-state index contributed by atoms with van der Waals surface area (Å²) in [5.41, 5.74) is 2.57. The molecule has 1 aliphatic rings. The first-order valence-electron chi connectivity index (χ1n) is 10.3. The van der Waals surface area contributed by atoms with Crippen LogP contribution in [-0.2, 0) is 11.8 Å². The topological polar surface area (TPSA) is 103 Å². The quantitative estimate of drug-likeness (QED) is 0.485. The second-order valence-electron chi connectivity index (χ2n) is 7.90. The van der Waals surface area contributed by atoms with Crippen LogP contribution in [-0.4, -0.2) is 31.0 Å². The summed E-state index contributed by atoms with van der Waals surface area (Å²) in [7, 11) is 1.73. The number of hydrogen-bond acceptors (Lipinski definition) is 5. The Morgan fingerprint density at radius 2 is 1.91 bits per heavy atom. The number of pyridine rings is 1. The van der Waals surface area contributed by atoms with Gasteiger partial charge >= 0.3 is 0 Å². The van der Waals surface area contributed by atoms with Gasteiger partial charge < -0.3 is 19.8 Å². The summed E-state index contributed by atoms with van der Waals surface area (Å²) in [5.74, 6) is 1.59. The molecule has 2 N–H and O–H groups in total.